The third kappa shape index (κ3) is 6.75. The van der Waals surface area contributed by atoms with E-state index >= 15 is 0 Å². The summed E-state index contributed by atoms with van der Waals surface area (Å²) in [6, 6.07) is 9.82. The Balaban J connectivity index is 1.36. The van der Waals surface area contributed by atoms with E-state index in [4.69, 9.17) is 14.2 Å². The summed E-state index contributed by atoms with van der Waals surface area (Å²) >= 11 is 1.24. The first-order chi connectivity index (χ1) is 19.4. The third-order valence-electron chi connectivity index (χ3n) is 6.50. The lowest BCUT2D eigenvalue weighted by Gasteiger charge is -2.25. The zero-order valence-electron chi connectivity index (χ0n) is 22.2. The Hall–Kier alpha value is -3.17. The number of hydrogen-bond donors (Lipinski definition) is 2. The van der Waals surface area contributed by atoms with Gasteiger partial charge in [-0.2, -0.15) is 5.10 Å². The van der Waals surface area contributed by atoms with Crippen LogP contribution in [0, 0.1) is 0 Å². The molecule has 2 N–H and O–H groups in total. The molecule has 0 spiro atoms. The first kappa shape index (κ1) is 28.4. The second kappa shape index (κ2) is 13.0. The van der Waals surface area contributed by atoms with Crippen LogP contribution in [0.2, 0.25) is 0 Å². The number of hydrogen-bond acceptors (Lipinski definition) is 12. The molecule has 2 aliphatic heterocycles. The number of sulfone groups is 1. The van der Waals surface area contributed by atoms with Gasteiger partial charge >= 0.3 is 0 Å². The van der Waals surface area contributed by atoms with Gasteiger partial charge in [0.1, 0.15) is 10.3 Å². The molecule has 5 rings (SSSR count). The van der Waals surface area contributed by atoms with Crippen LogP contribution >= 0.6 is 11.3 Å². The van der Waals surface area contributed by atoms with E-state index in [-0.39, 0.29) is 17.2 Å². The van der Waals surface area contributed by atoms with Gasteiger partial charge in [-0.15, -0.1) is 0 Å². The van der Waals surface area contributed by atoms with E-state index in [1.807, 2.05) is 7.05 Å². The Labute approximate surface area is 236 Å². The molecule has 4 heterocycles. The lowest BCUT2D eigenvalue weighted by atomic mass is 10.1. The molecule has 0 bridgehead atoms. The number of morpholine rings is 1. The summed E-state index contributed by atoms with van der Waals surface area (Å²) in [5.41, 5.74) is 1.28. The van der Waals surface area contributed by atoms with Crippen LogP contribution in [0.15, 0.2) is 46.4 Å². The molecule has 2 aliphatic rings. The Morgan fingerprint density at radius 3 is 2.65 bits per heavy atom. The predicted molar refractivity (Wildman–Crippen MR) is 152 cm³/mol. The van der Waals surface area contributed by atoms with Gasteiger partial charge in [-0.05, 0) is 44.6 Å². The molecule has 3 aromatic rings. The van der Waals surface area contributed by atoms with Crippen LogP contribution < -0.4 is 15.4 Å². The highest BCUT2D eigenvalue weighted by Gasteiger charge is 2.31. The average molecular weight is 589 g/mol. The Kier molecular flexibility index (Phi) is 9.22. The number of nitrogens with zero attached hydrogens (tertiary/aromatic N) is 4. The van der Waals surface area contributed by atoms with E-state index in [0.29, 0.717) is 72.9 Å². The molecule has 2 saturated heterocycles. The van der Waals surface area contributed by atoms with Crippen molar-refractivity contribution in [2.45, 2.75) is 23.0 Å². The van der Waals surface area contributed by atoms with E-state index in [9.17, 15) is 13.2 Å². The Bertz CT molecular complexity index is 1450. The Morgan fingerprint density at radius 2 is 1.93 bits per heavy atom. The summed E-state index contributed by atoms with van der Waals surface area (Å²) in [5.74, 6) is 0.0350. The molecule has 0 radical (unpaired) electrons. The molecular formula is C26H32N6O6S2. The number of nitrogens with one attached hydrogen (secondary N) is 2. The van der Waals surface area contributed by atoms with Crippen molar-refractivity contribution in [3.63, 3.8) is 0 Å². The molecule has 1 aromatic carbocycles. The summed E-state index contributed by atoms with van der Waals surface area (Å²) in [6.45, 7) is 4.09. The van der Waals surface area contributed by atoms with E-state index in [1.165, 1.54) is 23.5 Å². The SMILES string of the molecule is CNCCCOc1ccc2nc(NC(=O)/C(=N/N3CCOCC3)c3ccc(S(=O)(=O)[C@H]4CCOC4)cc3)sc2n1. The molecule has 12 nitrogen and oxygen atoms in total. The minimum Gasteiger partial charge on any atom is -0.478 e. The second-order valence-electron chi connectivity index (χ2n) is 9.32. The number of hydrazone groups is 1. The standard InChI is InChI=1S/C26H32N6O6S2/c1-27-10-2-13-38-22-8-7-21-25(29-22)39-26(28-21)30-24(33)23(31-32-11-15-36-16-12-32)18-3-5-19(6-4-18)40(34,35)20-9-14-37-17-20/h3-8,20,27H,2,9-17H2,1H3,(H,28,30,33)/b31-23+/t20-/m0/s1. The van der Waals surface area contributed by atoms with E-state index < -0.39 is 21.0 Å². The van der Waals surface area contributed by atoms with Gasteiger partial charge in [0.05, 0.1) is 49.7 Å². The first-order valence-electron chi connectivity index (χ1n) is 13.1. The minimum absolute atomic E-state index is 0.149. The van der Waals surface area contributed by atoms with E-state index in [1.54, 1.807) is 29.3 Å². The van der Waals surface area contributed by atoms with Gasteiger partial charge in [0.2, 0.25) is 5.88 Å². The number of thiazole rings is 1. The van der Waals surface area contributed by atoms with E-state index in [0.717, 1.165) is 13.0 Å². The van der Waals surface area contributed by atoms with Gasteiger partial charge in [-0.1, -0.05) is 23.5 Å². The fourth-order valence-electron chi connectivity index (χ4n) is 4.30. The monoisotopic (exact) mass is 588 g/mol. The van der Waals surface area contributed by atoms with Gasteiger partial charge in [0, 0.05) is 18.2 Å². The van der Waals surface area contributed by atoms with Crippen LogP contribution in [0.4, 0.5) is 5.13 Å². The van der Waals surface area contributed by atoms with Gasteiger partial charge in [0.15, 0.2) is 20.7 Å². The molecule has 0 unspecified atom stereocenters. The molecule has 214 valence electrons. The van der Waals surface area contributed by atoms with Crippen molar-refractivity contribution >= 4 is 48.3 Å². The number of benzene rings is 1. The lowest BCUT2D eigenvalue weighted by Crippen LogP contribution is -2.35. The van der Waals surface area contributed by atoms with Crippen LogP contribution in [0.3, 0.4) is 0 Å². The van der Waals surface area contributed by atoms with Crippen LogP contribution in [-0.4, -0.2) is 100.0 Å². The van der Waals surface area contributed by atoms with Crippen molar-refractivity contribution in [1.82, 2.24) is 20.3 Å². The molecule has 0 saturated carbocycles. The Morgan fingerprint density at radius 1 is 1.12 bits per heavy atom. The summed E-state index contributed by atoms with van der Waals surface area (Å²) in [6.07, 6.45) is 1.32. The second-order valence-corrected chi connectivity index (χ2v) is 12.5. The third-order valence-corrected chi connectivity index (χ3v) is 9.56. The normalized spacial score (nSPS) is 18.3. The molecule has 40 heavy (non-hydrogen) atoms. The number of fused-ring (bicyclic) bond motifs is 1. The summed E-state index contributed by atoms with van der Waals surface area (Å²) in [5, 5.41) is 12.1. The number of amides is 1. The maximum Gasteiger partial charge on any atom is 0.278 e. The lowest BCUT2D eigenvalue weighted by molar-refractivity contribution is -0.110. The zero-order valence-corrected chi connectivity index (χ0v) is 23.8. The highest BCUT2D eigenvalue weighted by Crippen LogP contribution is 2.27. The van der Waals surface area contributed by atoms with Crippen LogP contribution in [0.1, 0.15) is 18.4 Å². The van der Waals surface area contributed by atoms with Gasteiger partial charge in [0.25, 0.3) is 5.91 Å². The predicted octanol–water partition coefficient (Wildman–Crippen LogP) is 1.92. The van der Waals surface area contributed by atoms with Crippen molar-refractivity contribution in [2.75, 3.05) is 65.0 Å². The number of aromatic nitrogens is 2. The molecular weight excluding hydrogens is 556 g/mol. The van der Waals surface area contributed by atoms with Gasteiger partial charge in [-0.25, -0.2) is 18.4 Å². The number of pyridine rings is 1. The van der Waals surface area contributed by atoms with Crippen molar-refractivity contribution in [1.29, 1.82) is 0 Å². The molecule has 1 amide bonds. The van der Waals surface area contributed by atoms with Crippen molar-refractivity contribution in [2.24, 2.45) is 5.10 Å². The quantitative estimate of drug-likeness (QED) is 0.252. The highest BCUT2D eigenvalue weighted by atomic mass is 32.2. The topological polar surface area (TPSA) is 144 Å². The maximum atomic E-state index is 13.5. The van der Waals surface area contributed by atoms with Crippen LogP contribution in [0.25, 0.3) is 10.3 Å². The summed E-state index contributed by atoms with van der Waals surface area (Å²) < 4.78 is 42.3. The number of carbonyl (C=O) groups excluding carboxylic acids is 1. The van der Waals surface area contributed by atoms with E-state index in [2.05, 4.69) is 25.7 Å². The molecule has 14 heteroatoms. The fraction of sp³-hybridized carbons (Fsp3) is 0.462. The number of carbonyl (C=O) groups is 1. The molecule has 0 aliphatic carbocycles. The van der Waals surface area contributed by atoms with Gasteiger partial charge < -0.3 is 19.5 Å². The number of anilines is 1. The largest absolute Gasteiger partial charge is 0.478 e. The summed E-state index contributed by atoms with van der Waals surface area (Å²) in [7, 11) is -1.64. The van der Waals surface area contributed by atoms with Crippen molar-refractivity contribution in [3.05, 3.63) is 42.0 Å². The van der Waals surface area contributed by atoms with Gasteiger partial charge in [-0.3, -0.25) is 15.1 Å². The maximum absolute atomic E-state index is 13.5. The van der Waals surface area contributed by atoms with Crippen LogP contribution in [-0.2, 0) is 24.1 Å². The average Bonchev–Trinajstić information content (AvgIpc) is 3.65. The van der Waals surface area contributed by atoms with Crippen molar-refractivity contribution < 1.29 is 27.4 Å². The molecule has 2 aromatic heterocycles. The molecule has 1 atom stereocenters. The number of rotatable bonds is 11. The minimum atomic E-state index is -3.53. The van der Waals surface area contributed by atoms with Crippen LogP contribution in [0.5, 0.6) is 5.88 Å². The number of ether oxygens (including phenoxy) is 3. The smallest absolute Gasteiger partial charge is 0.278 e. The summed E-state index contributed by atoms with van der Waals surface area (Å²) in [4.78, 5) is 23.3. The fourth-order valence-corrected chi connectivity index (χ4v) is 6.70. The highest BCUT2D eigenvalue weighted by molar-refractivity contribution is 7.92. The first-order valence-corrected chi connectivity index (χ1v) is 15.5. The molecule has 2 fully saturated rings. The van der Waals surface area contributed by atoms with Crippen molar-refractivity contribution in [3.8, 4) is 5.88 Å². The zero-order chi connectivity index (χ0) is 28.0.